The summed E-state index contributed by atoms with van der Waals surface area (Å²) in [5.41, 5.74) is 8.99. The van der Waals surface area contributed by atoms with Crippen LogP contribution in [0.3, 0.4) is 0 Å². The second-order valence-corrected chi connectivity index (χ2v) is 3.41. The molecule has 0 saturated carbocycles. The Balaban J connectivity index is 2.29. The Kier molecular flexibility index (Phi) is 3.20. The monoisotopic (exact) mass is 234 g/mol. The van der Waals surface area contributed by atoms with Crippen molar-refractivity contribution in [2.24, 2.45) is 5.11 Å². The lowest BCUT2D eigenvalue weighted by Crippen LogP contribution is -2.21. The summed E-state index contributed by atoms with van der Waals surface area (Å²) in [4.78, 5) is 6.57. The molecule has 2 heterocycles. The predicted octanol–water partition coefficient (Wildman–Crippen LogP) is 0.434. The maximum atomic E-state index is 9.88. The molecule has 2 unspecified atom stereocenters. The summed E-state index contributed by atoms with van der Waals surface area (Å²) in [5.74, 6) is 0. The van der Waals surface area contributed by atoms with Crippen molar-refractivity contribution in [3.8, 4) is 0 Å². The normalized spacial score (nSPS) is 14.2. The van der Waals surface area contributed by atoms with Gasteiger partial charge in [0.2, 0.25) is 0 Å². The highest BCUT2D eigenvalue weighted by Gasteiger charge is 2.21. The molecule has 2 rings (SSSR count). The maximum Gasteiger partial charge on any atom is 0.160 e. The van der Waals surface area contributed by atoms with E-state index in [1.807, 2.05) is 0 Å². The molecule has 88 valence electrons. The average Bonchev–Trinajstić information content (AvgIpc) is 2.78. The third-order valence-corrected chi connectivity index (χ3v) is 2.32. The van der Waals surface area contributed by atoms with Gasteiger partial charge < -0.3 is 10.2 Å². The molecule has 8 heteroatoms. The van der Waals surface area contributed by atoms with Gasteiger partial charge in [-0.1, -0.05) is 5.11 Å². The van der Waals surface area contributed by atoms with Gasteiger partial charge in [0.15, 0.2) is 5.65 Å². The van der Waals surface area contributed by atoms with Crippen LogP contribution in [0, 0.1) is 0 Å². The van der Waals surface area contributed by atoms with Crippen LogP contribution in [0.4, 0.5) is 0 Å². The van der Waals surface area contributed by atoms with Crippen LogP contribution in [0.1, 0.15) is 11.7 Å². The number of aromatic nitrogens is 3. The fourth-order valence-electron chi connectivity index (χ4n) is 1.48. The number of nitrogens with zero attached hydrogens (tertiary/aromatic N) is 6. The highest BCUT2D eigenvalue weighted by atomic mass is 16.3. The molecule has 0 radical (unpaired) electrons. The second-order valence-electron chi connectivity index (χ2n) is 3.41. The van der Waals surface area contributed by atoms with Gasteiger partial charge in [0.05, 0.1) is 18.8 Å². The minimum atomic E-state index is -1.19. The van der Waals surface area contributed by atoms with Crippen LogP contribution in [-0.4, -0.2) is 37.5 Å². The van der Waals surface area contributed by atoms with Crippen molar-refractivity contribution in [1.82, 2.24) is 14.6 Å². The molecule has 0 spiro atoms. The molecule has 0 amide bonds. The first kappa shape index (κ1) is 11.3. The van der Waals surface area contributed by atoms with Crippen LogP contribution in [0.25, 0.3) is 16.1 Å². The zero-order valence-corrected chi connectivity index (χ0v) is 8.75. The number of rotatable bonds is 4. The first-order chi connectivity index (χ1) is 8.24. The lowest BCUT2D eigenvalue weighted by Gasteiger charge is -2.14. The van der Waals surface area contributed by atoms with Gasteiger partial charge in [-0.2, -0.15) is 5.10 Å². The zero-order chi connectivity index (χ0) is 12.3. The summed E-state index contributed by atoms with van der Waals surface area (Å²) in [6.45, 7) is -0.207. The van der Waals surface area contributed by atoms with Crippen molar-refractivity contribution in [2.75, 3.05) is 6.54 Å². The summed E-state index contributed by atoms with van der Waals surface area (Å²) in [6.07, 6.45) is 2.30. The highest BCUT2D eigenvalue weighted by molar-refractivity contribution is 5.47. The molecule has 2 aromatic heterocycles. The molecular formula is C9H10N6O2. The fraction of sp³-hybridized carbons (Fsp3) is 0.333. The molecular weight excluding hydrogens is 224 g/mol. The topological polar surface area (TPSA) is 119 Å². The van der Waals surface area contributed by atoms with Crippen LogP contribution in [0.15, 0.2) is 29.8 Å². The zero-order valence-electron chi connectivity index (χ0n) is 8.75. The van der Waals surface area contributed by atoms with Gasteiger partial charge in [-0.3, -0.25) is 0 Å². The molecule has 0 bridgehead atoms. The van der Waals surface area contributed by atoms with E-state index in [4.69, 9.17) is 5.53 Å². The molecule has 2 atom stereocenters. The Labute approximate surface area is 95.8 Å². The van der Waals surface area contributed by atoms with Gasteiger partial charge in [-0.25, -0.2) is 9.50 Å². The predicted molar refractivity (Wildman–Crippen MR) is 58.0 cm³/mol. The van der Waals surface area contributed by atoms with Gasteiger partial charge in [-0.05, 0) is 11.6 Å². The minimum absolute atomic E-state index is 0.207. The molecule has 0 aromatic carbocycles. The summed E-state index contributed by atoms with van der Waals surface area (Å²) in [6, 6.07) is 1.70. The van der Waals surface area contributed by atoms with Gasteiger partial charge in [0.25, 0.3) is 0 Å². The number of aliphatic hydroxyl groups excluding tert-OH is 2. The van der Waals surface area contributed by atoms with Crippen LogP contribution >= 0.6 is 0 Å². The van der Waals surface area contributed by atoms with E-state index in [1.54, 1.807) is 18.5 Å². The number of fused-ring (bicyclic) bond motifs is 1. The molecule has 0 saturated heterocycles. The first-order valence-electron chi connectivity index (χ1n) is 4.89. The van der Waals surface area contributed by atoms with E-state index in [9.17, 15) is 10.2 Å². The molecule has 0 fully saturated rings. The Morgan fingerprint density at radius 1 is 1.53 bits per heavy atom. The van der Waals surface area contributed by atoms with E-state index >= 15 is 0 Å². The van der Waals surface area contributed by atoms with Crippen LogP contribution in [0.2, 0.25) is 0 Å². The van der Waals surface area contributed by atoms with Crippen molar-refractivity contribution in [1.29, 1.82) is 0 Å². The molecule has 0 aliphatic carbocycles. The number of azide groups is 1. The Hall–Kier alpha value is -2.15. The number of aliphatic hydroxyl groups is 2. The van der Waals surface area contributed by atoms with Crippen LogP contribution in [-0.2, 0) is 0 Å². The molecule has 8 nitrogen and oxygen atoms in total. The summed E-state index contributed by atoms with van der Waals surface area (Å²) >= 11 is 0. The molecule has 17 heavy (non-hydrogen) atoms. The number of hydrogen-bond acceptors (Lipinski definition) is 5. The van der Waals surface area contributed by atoms with E-state index in [2.05, 4.69) is 20.1 Å². The van der Waals surface area contributed by atoms with Crippen molar-refractivity contribution in [3.05, 3.63) is 40.7 Å². The average molecular weight is 234 g/mol. The molecule has 0 aliphatic rings. The second kappa shape index (κ2) is 4.79. The molecule has 0 aliphatic heterocycles. The van der Waals surface area contributed by atoms with Gasteiger partial charge in [-0.15, -0.1) is 0 Å². The van der Waals surface area contributed by atoms with Crippen LogP contribution < -0.4 is 0 Å². The van der Waals surface area contributed by atoms with E-state index in [-0.39, 0.29) is 6.54 Å². The fourth-order valence-corrected chi connectivity index (χ4v) is 1.48. The van der Waals surface area contributed by atoms with Crippen LogP contribution in [0.5, 0.6) is 0 Å². The summed E-state index contributed by atoms with van der Waals surface area (Å²) in [7, 11) is 0. The SMILES string of the molecule is [N-]=[N+]=NCC(O)C(O)c1cnn2cccnc12. The van der Waals surface area contributed by atoms with Crippen molar-refractivity contribution < 1.29 is 10.2 Å². The summed E-state index contributed by atoms with van der Waals surface area (Å²) < 4.78 is 1.48. The molecule has 2 aromatic rings. The van der Waals surface area contributed by atoms with Gasteiger partial charge >= 0.3 is 0 Å². The van der Waals surface area contributed by atoms with Gasteiger partial charge in [0.1, 0.15) is 6.10 Å². The minimum Gasteiger partial charge on any atom is -0.390 e. The van der Waals surface area contributed by atoms with E-state index in [0.29, 0.717) is 11.2 Å². The Bertz CT molecular complexity index is 561. The highest BCUT2D eigenvalue weighted by Crippen LogP contribution is 2.20. The Morgan fingerprint density at radius 2 is 2.35 bits per heavy atom. The van der Waals surface area contributed by atoms with E-state index in [1.165, 1.54) is 10.7 Å². The third kappa shape index (κ3) is 2.18. The van der Waals surface area contributed by atoms with Crippen molar-refractivity contribution >= 4 is 5.65 Å². The third-order valence-electron chi connectivity index (χ3n) is 2.32. The lowest BCUT2D eigenvalue weighted by atomic mass is 10.1. The Morgan fingerprint density at radius 3 is 3.12 bits per heavy atom. The standard InChI is InChI=1S/C9H10N6O2/c10-14-12-5-7(16)8(17)6-4-13-15-3-1-2-11-9(6)15/h1-4,7-8,16-17H,5H2. The maximum absolute atomic E-state index is 9.88. The lowest BCUT2D eigenvalue weighted by molar-refractivity contribution is 0.0251. The first-order valence-corrected chi connectivity index (χ1v) is 4.89. The van der Waals surface area contributed by atoms with E-state index in [0.717, 1.165) is 0 Å². The quantitative estimate of drug-likeness (QED) is 0.453. The smallest absolute Gasteiger partial charge is 0.160 e. The largest absolute Gasteiger partial charge is 0.390 e. The van der Waals surface area contributed by atoms with E-state index < -0.39 is 12.2 Å². The van der Waals surface area contributed by atoms with Crippen molar-refractivity contribution in [3.63, 3.8) is 0 Å². The van der Waals surface area contributed by atoms with Crippen molar-refractivity contribution in [2.45, 2.75) is 12.2 Å². The summed E-state index contributed by atoms with van der Waals surface area (Å²) in [5, 5.41) is 26.7. The molecule has 2 N–H and O–H groups in total. The number of hydrogen-bond donors (Lipinski definition) is 2. The van der Waals surface area contributed by atoms with Gasteiger partial charge in [0, 0.05) is 22.9 Å².